The fraction of sp³-hybridized carbons (Fsp3) is 0. The van der Waals surface area contributed by atoms with Crippen molar-refractivity contribution in [3.63, 3.8) is 0 Å². The summed E-state index contributed by atoms with van der Waals surface area (Å²) in [7, 11) is 0. The van der Waals surface area contributed by atoms with Gasteiger partial charge >= 0.3 is 0 Å². The Morgan fingerprint density at radius 3 is 1.77 bits per heavy atom. The number of thiophene rings is 2. The molecule has 12 rings (SSSR count). The van der Waals surface area contributed by atoms with Crippen molar-refractivity contribution >= 4 is 84.8 Å². The van der Waals surface area contributed by atoms with Crippen LogP contribution in [0.2, 0.25) is 0 Å². The second-order valence-corrected chi connectivity index (χ2v) is 16.6. The number of benzene rings is 8. The molecule has 57 heavy (non-hydrogen) atoms. The van der Waals surface area contributed by atoms with E-state index in [1.54, 1.807) is 0 Å². The highest BCUT2D eigenvalue weighted by atomic mass is 32.1. The number of para-hydroxylation sites is 1. The van der Waals surface area contributed by atoms with E-state index in [0.29, 0.717) is 0 Å². The molecule has 0 saturated heterocycles. The van der Waals surface area contributed by atoms with Crippen molar-refractivity contribution in [2.24, 2.45) is 0 Å². The quantitative estimate of drug-likeness (QED) is 0.175. The lowest BCUT2D eigenvalue weighted by Crippen LogP contribution is -1.95. The van der Waals surface area contributed by atoms with E-state index in [1.807, 2.05) is 46.9 Å². The average molecular weight is 762 g/mol. The molecule has 3 nitrogen and oxygen atoms in total. The zero-order valence-electron chi connectivity index (χ0n) is 30.6. The summed E-state index contributed by atoms with van der Waals surface area (Å²) in [6.07, 6.45) is 0. The summed E-state index contributed by atoms with van der Waals surface area (Å²) < 4.78 is 7.63. The van der Waals surface area contributed by atoms with Gasteiger partial charge in [0.2, 0.25) is 0 Å². The van der Waals surface area contributed by atoms with Crippen LogP contribution >= 0.6 is 22.7 Å². The van der Waals surface area contributed by atoms with E-state index in [4.69, 9.17) is 9.97 Å². The first-order valence-corrected chi connectivity index (χ1v) is 20.8. The molecule has 266 valence electrons. The normalized spacial score (nSPS) is 11.9. The van der Waals surface area contributed by atoms with Gasteiger partial charge in [-0.25, -0.2) is 9.97 Å². The Balaban J connectivity index is 1.12. The van der Waals surface area contributed by atoms with Gasteiger partial charge in [0.25, 0.3) is 0 Å². The Hall–Kier alpha value is -6.92. The van der Waals surface area contributed by atoms with Crippen LogP contribution in [0, 0.1) is 0 Å². The first kappa shape index (κ1) is 32.3. The van der Waals surface area contributed by atoms with E-state index in [0.717, 1.165) is 39.6 Å². The van der Waals surface area contributed by atoms with Crippen LogP contribution in [0.1, 0.15) is 0 Å². The van der Waals surface area contributed by atoms with Gasteiger partial charge in [0.15, 0.2) is 5.82 Å². The van der Waals surface area contributed by atoms with E-state index < -0.39 is 0 Å². The maximum absolute atomic E-state index is 5.25. The van der Waals surface area contributed by atoms with Gasteiger partial charge < -0.3 is 4.57 Å². The van der Waals surface area contributed by atoms with Gasteiger partial charge in [-0.1, -0.05) is 158 Å². The Kier molecular flexibility index (Phi) is 7.27. The highest BCUT2D eigenvalue weighted by molar-refractivity contribution is 7.27. The summed E-state index contributed by atoms with van der Waals surface area (Å²) in [6, 6.07) is 67.6. The molecule has 8 aromatic carbocycles. The van der Waals surface area contributed by atoms with E-state index in [1.165, 1.54) is 73.3 Å². The van der Waals surface area contributed by atoms with Crippen molar-refractivity contribution < 1.29 is 0 Å². The summed E-state index contributed by atoms with van der Waals surface area (Å²) >= 11 is 3.75. The molecule has 0 aliphatic heterocycles. The van der Waals surface area contributed by atoms with Crippen LogP contribution in [0.4, 0.5) is 0 Å². The predicted molar refractivity (Wildman–Crippen MR) is 244 cm³/mol. The number of hydrogen-bond acceptors (Lipinski definition) is 4. The van der Waals surface area contributed by atoms with E-state index in [9.17, 15) is 0 Å². The smallest absolute Gasteiger partial charge is 0.160 e. The molecule has 0 aliphatic rings. The maximum Gasteiger partial charge on any atom is 0.160 e. The van der Waals surface area contributed by atoms with Crippen molar-refractivity contribution in [1.82, 2.24) is 14.5 Å². The van der Waals surface area contributed by atoms with Crippen LogP contribution in [0.3, 0.4) is 0 Å². The summed E-state index contributed by atoms with van der Waals surface area (Å²) in [5.74, 6) is 0.721. The largest absolute Gasteiger partial charge is 0.308 e. The summed E-state index contributed by atoms with van der Waals surface area (Å²) in [5, 5.41) is 7.62. The topological polar surface area (TPSA) is 30.7 Å². The average Bonchev–Trinajstić information content (AvgIpc) is 3.97. The number of hydrogen-bond donors (Lipinski definition) is 0. The van der Waals surface area contributed by atoms with Gasteiger partial charge in [0.05, 0.1) is 27.1 Å². The molecule has 0 unspecified atom stereocenters. The van der Waals surface area contributed by atoms with Crippen molar-refractivity contribution in [2.45, 2.75) is 0 Å². The second kappa shape index (κ2) is 12.8. The minimum atomic E-state index is 0.721. The molecular weight excluding hydrogens is 731 g/mol. The van der Waals surface area contributed by atoms with Crippen LogP contribution in [-0.4, -0.2) is 14.5 Å². The van der Waals surface area contributed by atoms with Crippen LogP contribution < -0.4 is 0 Å². The minimum absolute atomic E-state index is 0.721. The standard InChI is InChI=1S/C52H31N3S2/c1-4-14-32(15-5-1)44-31-45(54-52(53-44)33-16-6-2-7-17-33)43-24-13-23-41-42-29-28-39-37-27-26-34(36-21-12-22-40-38-20-10-11-25-47(38)56-49(36)40)30-46(37)55(35-18-8-3-9-19-35)48(39)51(42)57-50(41)43/h1-31H. The molecule has 0 saturated carbocycles. The first-order chi connectivity index (χ1) is 28.3. The third-order valence-corrected chi connectivity index (χ3v) is 13.7. The Labute approximate surface area is 336 Å². The molecule has 4 heterocycles. The fourth-order valence-corrected chi connectivity index (χ4v) is 11.2. The SMILES string of the molecule is c1ccc(-c2cc(-c3cccc4c3sc3c4ccc4c5ccc(-c6cccc7c6sc6ccccc67)cc5n(-c5ccccc5)c43)nc(-c3ccccc3)n2)cc1. The number of fused-ring (bicyclic) bond motifs is 10. The molecule has 0 radical (unpaired) electrons. The van der Waals surface area contributed by atoms with E-state index >= 15 is 0 Å². The van der Waals surface area contributed by atoms with E-state index in [-0.39, 0.29) is 0 Å². The summed E-state index contributed by atoms with van der Waals surface area (Å²) in [6.45, 7) is 0. The first-order valence-electron chi connectivity index (χ1n) is 19.2. The molecule has 5 heteroatoms. The van der Waals surface area contributed by atoms with Gasteiger partial charge in [-0.15, -0.1) is 22.7 Å². The lowest BCUT2D eigenvalue weighted by atomic mass is 10.0. The zero-order valence-corrected chi connectivity index (χ0v) is 32.2. The van der Waals surface area contributed by atoms with Gasteiger partial charge in [-0.2, -0.15) is 0 Å². The van der Waals surface area contributed by atoms with Crippen LogP contribution in [0.15, 0.2) is 188 Å². The molecule has 0 aliphatic carbocycles. The Morgan fingerprint density at radius 1 is 0.368 bits per heavy atom. The highest BCUT2D eigenvalue weighted by Gasteiger charge is 2.21. The molecular formula is C52H31N3S2. The monoisotopic (exact) mass is 761 g/mol. The molecule has 0 atom stereocenters. The lowest BCUT2D eigenvalue weighted by Gasteiger charge is -2.10. The lowest BCUT2D eigenvalue weighted by molar-refractivity contribution is 1.19. The fourth-order valence-electron chi connectivity index (χ4n) is 8.60. The molecule has 0 bridgehead atoms. The zero-order chi connectivity index (χ0) is 37.5. The van der Waals surface area contributed by atoms with Gasteiger partial charge in [-0.05, 0) is 41.5 Å². The predicted octanol–water partition coefficient (Wildman–Crippen LogP) is 15.0. The summed E-state index contributed by atoms with van der Waals surface area (Å²) in [4.78, 5) is 10.3. The third kappa shape index (κ3) is 5.10. The van der Waals surface area contributed by atoms with Crippen LogP contribution in [0.25, 0.3) is 113 Å². The molecule has 12 aromatic rings. The summed E-state index contributed by atoms with van der Waals surface area (Å²) in [5.41, 5.74) is 11.1. The van der Waals surface area contributed by atoms with Crippen LogP contribution in [-0.2, 0) is 0 Å². The molecule has 4 aromatic heterocycles. The van der Waals surface area contributed by atoms with Crippen molar-refractivity contribution in [3.05, 3.63) is 188 Å². The van der Waals surface area contributed by atoms with Crippen molar-refractivity contribution in [3.8, 4) is 50.7 Å². The third-order valence-electron chi connectivity index (χ3n) is 11.2. The van der Waals surface area contributed by atoms with Gasteiger partial charge in [0.1, 0.15) is 0 Å². The van der Waals surface area contributed by atoms with Crippen LogP contribution in [0.5, 0.6) is 0 Å². The Morgan fingerprint density at radius 2 is 0.965 bits per heavy atom. The van der Waals surface area contributed by atoms with Crippen molar-refractivity contribution in [2.75, 3.05) is 0 Å². The number of nitrogens with zero attached hydrogens (tertiary/aromatic N) is 3. The number of aromatic nitrogens is 3. The van der Waals surface area contributed by atoms with E-state index in [2.05, 4.69) is 168 Å². The number of rotatable bonds is 5. The van der Waals surface area contributed by atoms with Gasteiger partial charge in [-0.3, -0.25) is 0 Å². The van der Waals surface area contributed by atoms with Gasteiger partial charge in [0, 0.05) is 68.8 Å². The maximum atomic E-state index is 5.25. The molecule has 0 N–H and O–H groups in total. The Bertz CT molecular complexity index is 3450. The molecule has 0 amide bonds. The second-order valence-electron chi connectivity index (χ2n) is 14.5. The molecule has 0 spiro atoms. The van der Waals surface area contributed by atoms with Crippen molar-refractivity contribution in [1.29, 1.82) is 0 Å². The highest BCUT2D eigenvalue weighted by Crippen LogP contribution is 2.47. The molecule has 0 fully saturated rings. The minimum Gasteiger partial charge on any atom is -0.308 e.